The molecule has 0 unspecified atom stereocenters. The Morgan fingerprint density at radius 1 is 0.963 bits per heavy atom. The van der Waals surface area contributed by atoms with E-state index in [9.17, 15) is 13.2 Å². The molecular weight excluding hydrogens is 405 g/mol. The van der Waals surface area contributed by atoms with Gasteiger partial charge in [-0.05, 0) is 69.7 Å². The van der Waals surface area contributed by atoms with Crippen molar-refractivity contribution < 1.29 is 13.2 Å². The second-order valence-corrected chi connectivity index (χ2v) is 10.2. The first-order chi connectivity index (χ1) is 12.5. The minimum Gasteiger partial charge on any atom is -0.332 e. The summed E-state index contributed by atoms with van der Waals surface area (Å²) in [5.74, 6) is -0.176. The summed E-state index contributed by atoms with van der Waals surface area (Å²) >= 11 is 12.0. The fourth-order valence-electron chi connectivity index (χ4n) is 2.55. The average Bonchev–Trinajstić information content (AvgIpc) is 2.61. The number of hydrogen-bond acceptors (Lipinski definition) is 3. The van der Waals surface area contributed by atoms with Gasteiger partial charge in [0.1, 0.15) is 0 Å². The number of hydrogen-bond donors (Lipinski definition) is 0. The summed E-state index contributed by atoms with van der Waals surface area (Å²) in [6.07, 6.45) is 0. The second kappa shape index (κ2) is 8.63. The van der Waals surface area contributed by atoms with Gasteiger partial charge in [-0.15, -0.1) is 0 Å². The van der Waals surface area contributed by atoms with Crippen LogP contribution in [-0.4, -0.2) is 30.5 Å². The second-order valence-electron chi connectivity index (χ2n) is 6.89. The van der Waals surface area contributed by atoms with E-state index >= 15 is 0 Å². The minimum absolute atomic E-state index is 0.0500. The van der Waals surface area contributed by atoms with Gasteiger partial charge in [0.05, 0.1) is 20.2 Å². The number of amides is 1. The van der Waals surface area contributed by atoms with Crippen LogP contribution in [0, 0.1) is 0 Å². The molecule has 0 N–H and O–H groups in total. The van der Waals surface area contributed by atoms with Crippen LogP contribution in [0.2, 0.25) is 10.0 Å². The Hall–Kier alpha value is -1.56. The van der Waals surface area contributed by atoms with Crippen molar-refractivity contribution in [1.29, 1.82) is 0 Å². The van der Waals surface area contributed by atoms with Gasteiger partial charge in [-0.25, -0.2) is 8.42 Å². The van der Waals surface area contributed by atoms with E-state index in [0.29, 0.717) is 22.2 Å². The van der Waals surface area contributed by atoms with Crippen molar-refractivity contribution in [2.45, 2.75) is 50.4 Å². The van der Waals surface area contributed by atoms with Crippen LogP contribution in [0.1, 0.15) is 43.6 Å². The molecule has 0 heterocycles. The highest BCUT2D eigenvalue weighted by molar-refractivity contribution is 7.92. The fourth-order valence-corrected chi connectivity index (χ4v) is 3.93. The van der Waals surface area contributed by atoms with Gasteiger partial charge in [0.2, 0.25) is 0 Å². The van der Waals surface area contributed by atoms with Gasteiger partial charge in [-0.2, -0.15) is 0 Å². The van der Waals surface area contributed by atoms with Crippen LogP contribution in [0.4, 0.5) is 0 Å². The molecule has 0 aromatic heterocycles. The van der Waals surface area contributed by atoms with Crippen LogP contribution in [0.3, 0.4) is 0 Å². The van der Waals surface area contributed by atoms with E-state index in [0.717, 1.165) is 5.56 Å². The topological polar surface area (TPSA) is 54.5 Å². The molecule has 0 spiro atoms. The zero-order valence-corrected chi connectivity index (χ0v) is 18.1. The Bertz CT molecular complexity index is 923. The number of halogens is 2. The minimum atomic E-state index is -3.37. The third kappa shape index (κ3) is 5.03. The largest absolute Gasteiger partial charge is 0.332 e. The third-order valence-corrected chi connectivity index (χ3v) is 7.18. The Balaban J connectivity index is 2.27. The monoisotopic (exact) mass is 427 g/mol. The van der Waals surface area contributed by atoms with Gasteiger partial charge in [0.15, 0.2) is 9.84 Å². The molecule has 1 amide bonds. The molecular formula is C20H23Cl2NO3S. The molecule has 0 bridgehead atoms. The van der Waals surface area contributed by atoms with Crippen LogP contribution in [-0.2, 0) is 16.4 Å². The molecule has 0 radical (unpaired) electrons. The number of carbonyl (C=O) groups is 1. The van der Waals surface area contributed by atoms with Crippen LogP contribution >= 0.6 is 23.2 Å². The number of carbonyl (C=O) groups excluding carboxylic acids is 1. The van der Waals surface area contributed by atoms with E-state index in [1.165, 1.54) is 12.1 Å². The van der Waals surface area contributed by atoms with Crippen molar-refractivity contribution in [1.82, 2.24) is 4.90 Å². The SMILES string of the molecule is CC(C)N(Cc1ccc(Cl)c(Cl)c1)C(=O)c1ccc(S(=O)(=O)C(C)C)cc1. The van der Waals surface area contributed by atoms with Crippen molar-refractivity contribution in [2.24, 2.45) is 0 Å². The van der Waals surface area contributed by atoms with E-state index in [4.69, 9.17) is 23.2 Å². The Morgan fingerprint density at radius 2 is 1.56 bits per heavy atom. The average molecular weight is 428 g/mol. The van der Waals surface area contributed by atoms with Crippen LogP contribution < -0.4 is 0 Å². The third-order valence-electron chi connectivity index (χ3n) is 4.27. The first-order valence-corrected chi connectivity index (χ1v) is 10.9. The predicted molar refractivity (Wildman–Crippen MR) is 110 cm³/mol. The summed E-state index contributed by atoms with van der Waals surface area (Å²) in [4.78, 5) is 14.9. The summed E-state index contributed by atoms with van der Waals surface area (Å²) < 4.78 is 24.5. The van der Waals surface area contributed by atoms with Gasteiger partial charge in [-0.3, -0.25) is 4.79 Å². The van der Waals surface area contributed by atoms with Crippen LogP contribution in [0.15, 0.2) is 47.4 Å². The van der Waals surface area contributed by atoms with E-state index in [1.807, 2.05) is 19.9 Å². The standard InChI is InChI=1S/C20H23Cl2NO3S/c1-13(2)23(12-15-5-10-18(21)19(22)11-15)20(24)16-6-8-17(9-7-16)27(25,26)14(3)4/h5-11,13-14H,12H2,1-4H3. The highest BCUT2D eigenvalue weighted by atomic mass is 35.5. The molecule has 4 nitrogen and oxygen atoms in total. The molecule has 0 aliphatic carbocycles. The number of benzene rings is 2. The van der Waals surface area contributed by atoms with Gasteiger partial charge >= 0.3 is 0 Å². The molecule has 0 fully saturated rings. The van der Waals surface area contributed by atoms with Crippen LogP contribution in [0.25, 0.3) is 0 Å². The van der Waals surface area contributed by atoms with Crippen molar-refractivity contribution in [3.8, 4) is 0 Å². The summed E-state index contributed by atoms with van der Waals surface area (Å²) in [6, 6.07) is 11.3. The summed E-state index contributed by atoms with van der Waals surface area (Å²) in [7, 11) is -3.37. The van der Waals surface area contributed by atoms with E-state index in [-0.39, 0.29) is 16.8 Å². The molecule has 7 heteroatoms. The normalized spacial score (nSPS) is 11.9. The zero-order valence-electron chi connectivity index (χ0n) is 15.7. The van der Waals surface area contributed by atoms with Gasteiger partial charge in [0.25, 0.3) is 5.91 Å². The molecule has 2 rings (SSSR count). The van der Waals surface area contributed by atoms with Crippen molar-refractivity contribution in [3.63, 3.8) is 0 Å². The van der Waals surface area contributed by atoms with E-state index in [1.54, 1.807) is 43.0 Å². The first kappa shape index (κ1) is 21.7. The zero-order chi connectivity index (χ0) is 20.4. The molecule has 2 aromatic carbocycles. The molecule has 0 saturated carbocycles. The molecule has 146 valence electrons. The predicted octanol–water partition coefficient (Wildman–Crippen LogP) is 5.23. The Morgan fingerprint density at radius 3 is 2.04 bits per heavy atom. The molecule has 0 saturated heterocycles. The molecule has 27 heavy (non-hydrogen) atoms. The number of nitrogens with zero attached hydrogens (tertiary/aromatic N) is 1. The molecule has 0 aliphatic rings. The lowest BCUT2D eigenvalue weighted by atomic mass is 10.1. The Labute approximate surface area is 171 Å². The maximum absolute atomic E-state index is 13.0. The maximum Gasteiger partial charge on any atom is 0.254 e. The number of rotatable bonds is 6. The lowest BCUT2D eigenvalue weighted by molar-refractivity contribution is 0.0690. The lowest BCUT2D eigenvalue weighted by Crippen LogP contribution is -2.36. The van der Waals surface area contributed by atoms with Crippen LogP contribution in [0.5, 0.6) is 0 Å². The first-order valence-electron chi connectivity index (χ1n) is 8.63. The van der Waals surface area contributed by atoms with E-state index in [2.05, 4.69) is 0 Å². The Kier molecular flexibility index (Phi) is 6.95. The highest BCUT2D eigenvalue weighted by Crippen LogP contribution is 2.24. The van der Waals surface area contributed by atoms with Crippen molar-refractivity contribution >= 4 is 38.9 Å². The summed E-state index contributed by atoms with van der Waals surface area (Å²) in [5, 5.41) is 0.388. The quantitative estimate of drug-likeness (QED) is 0.634. The number of sulfone groups is 1. The van der Waals surface area contributed by atoms with Gasteiger partial charge < -0.3 is 4.90 Å². The smallest absolute Gasteiger partial charge is 0.254 e. The van der Waals surface area contributed by atoms with Crippen molar-refractivity contribution in [2.75, 3.05) is 0 Å². The van der Waals surface area contributed by atoms with E-state index < -0.39 is 15.1 Å². The lowest BCUT2D eigenvalue weighted by Gasteiger charge is -2.27. The highest BCUT2D eigenvalue weighted by Gasteiger charge is 2.22. The summed E-state index contributed by atoms with van der Waals surface area (Å²) in [5.41, 5.74) is 1.30. The molecule has 2 aromatic rings. The molecule has 0 atom stereocenters. The van der Waals surface area contributed by atoms with Gasteiger partial charge in [-0.1, -0.05) is 29.3 Å². The summed E-state index contributed by atoms with van der Waals surface area (Å²) in [6.45, 7) is 7.48. The maximum atomic E-state index is 13.0. The molecule has 0 aliphatic heterocycles. The van der Waals surface area contributed by atoms with Crippen molar-refractivity contribution in [3.05, 3.63) is 63.6 Å². The van der Waals surface area contributed by atoms with Gasteiger partial charge in [0, 0.05) is 18.2 Å². The fraction of sp³-hybridized carbons (Fsp3) is 0.350.